The Balaban J connectivity index is 3.42. The minimum Gasteiger partial charge on any atom is -0.428 e. The van der Waals surface area contributed by atoms with Crippen molar-refractivity contribution in [2.45, 2.75) is 52.8 Å². The molecule has 1 aromatic rings. The van der Waals surface area contributed by atoms with Crippen molar-refractivity contribution in [2.75, 3.05) is 0 Å². The Morgan fingerprint density at radius 2 is 0.792 bits per heavy atom. The third-order valence-corrected chi connectivity index (χ3v) is 3.47. The average Bonchev–Trinajstić information content (AvgIpc) is 2.45. The standard InChI is InChI=1S/C14H14F8O2/c1-5-6(2)10(24-14(21,22)12(17)18)8(4)7(3)9(5)23-13(19,20)11(15)16/h11-12H,1-4H3. The van der Waals surface area contributed by atoms with Crippen LogP contribution in [0.15, 0.2) is 0 Å². The molecule has 0 aliphatic heterocycles. The van der Waals surface area contributed by atoms with Crippen LogP contribution in [0, 0.1) is 27.7 Å². The zero-order valence-corrected chi connectivity index (χ0v) is 13.0. The number of benzene rings is 1. The summed E-state index contributed by atoms with van der Waals surface area (Å²) in [5.74, 6) is -1.30. The molecule has 0 heterocycles. The molecule has 1 rings (SSSR count). The van der Waals surface area contributed by atoms with Gasteiger partial charge in [0.2, 0.25) is 0 Å². The van der Waals surface area contributed by atoms with Crippen molar-refractivity contribution in [3.05, 3.63) is 22.3 Å². The lowest BCUT2D eigenvalue weighted by atomic mass is 9.98. The molecule has 0 fully saturated rings. The van der Waals surface area contributed by atoms with Gasteiger partial charge in [0.1, 0.15) is 11.5 Å². The Morgan fingerprint density at radius 1 is 0.583 bits per heavy atom. The van der Waals surface area contributed by atoms with E-state index in [-0.39, 0.29) is 22.3 Å². The van der Waals surface area contributed by atoms with Gasteiger partial charge in [-0.05, 0) is 49.9 Å². The third kappa shape index (κ3) is 3.84. The monoisotopic (exact) mass is 366 g/mol. The first-order chi connectivity index (χ1) is 10.7. The van der Waals surface area contributed by atoms with Gasteiger partial charge in [0.05, 0.1) is 0 Å². The van der Waals surface area contributed by atoms with Crippen molar-refractivity contribution in [1.82, 2.24) is 0 Å². The van der Waals surface area contributed by atoms with Gasteiger partial charge in [-0.25, -0.2) is 0 Å². The van der Waals surface area contributed by atoms with Crippen LogP contribution in [0.1, 0.15) is 22.3 Å². The van der Waals surface area contributed by atoms with Crippen molar-refractivity contribution in [3.8, 4) is 11.5 Å². The van der Waals surface area contributed by atoms with Crippen LogP contribution >= 0.6 is 0 Å². The second-order valence-corrected chi connectivity index (χ2v) is 5.09. The minimum atomic E-state index is -4.80. The van der Waals surface area contributed by atoms with Gasteiger partial charge in [-0.3, -0.25) is 0 Å². The highest BCUT2D eigenvalue weighted by atomic mass is 19.3. The topological polar surface area (TPSA) is 18.5 Å². The van der Waals surface area contributed by atoms with E-state index in [0.717, 1.165) is 27.7 Å². The second kappa shape index (κ2) is 6.64. The minimum absolute atomic E-state index is 0.210. The lowest BCUT2D eigenvalue weighted by Gasteiger charge is -2.26. The van der Waals surface area contributed by atoms with Crippen LogP contribution in [0.2, 0.25) is 0 Å². The Labute approximate surface area is 132 Å². The maximum absolute atomic E-state index is 13.1. The number of ether oxygens (including phenoxy) is 2. The maximum Gasteiger partial charge on any atom is 0.461 e. The fourth-order valence-corrected chi connectivity index (χ4v) is 1.91. The molecule has 10 heteroatoms. The normalized spacial score (nSPS) is 12.9. The van der Waals surface area contributed by atoms with Crippen LogP contribution in [0.5, 0.6) is 11.5 Å². The van der Waals surface area contributed by atoms with E-state index in [4.69, 9.17) is 0 Å². The molecule has 0 unspecified atom stereocenters. The predicted octanol–water partition coefficient (Wildman–Crippen LogP) is 5.39. The highest BCUT2D eigenvalue weighted by molar-refractivity contribution is 5.57. The Bertz CT molecular complexity index is 531. The highest BCUT2D eigenvalue weighted by Crippen LogP contribution is 2.42. The average molecular weight is 366 g/mol. The van der Waals surface area contributed by atoms with E-state index in [1.807, 2.05) is 0 Å². The summed E-state index contributed by atoms with van der Waals surface area (Å²) in [4.78, 5) is 0. The van der Waals surface area contributed by atoms with Gasteiger partial charge in [-0.1, -0.05) is 0 Å². The molecule has 138 valence electrons. The lowest BCUT2D eigenvalue weighted by molar-refractivity contribution is -0.255. The van der Waals surface area contributed by atoms with Crippen LogP contribution in [0.3, 0.4) is 0 Å². The molecule has 0 aromatic heterocycles. The summed E-state index contributed by atoms with van der Waals surface area (Å²) in [7, 11) is 0. The van der Waals surface area contributed by atoms with E-state index >= 15 is 0 Å². The first-order valence-electron chi connectivity index (χ1n) is 6.52. The number of halogens is 8. The number of alkyl halides is 8. The molecule has 2 nitrogen and oxygen atoms in total. The van der Waals surface area contributed by atoms with Crippen molar-refractivity contribution in [1.29, 1.82) is 0 Å². The molecule has 0 bridgehead atoms. The van der Waals surface area contributed by atoms with E-state index < -0.39 is 36.6 Å². The third-order valence-electron chi connectivity index (χ3n) is 3.47. The van der Waals surface area contributed by atoms with E-state index in [9.17, 15) is 35.1 Å². The Hall–Kier alpha value is -1.74. The molecule has 0 radical (unpaired) electrons. The SMILES string of the molecule is Cc1c(C)c(OC(F)(F)C(F)F)c(C)c(C)c1OC(F)(F)C(F)F. The van der Waals surface area contributed by atoms with Gasteiger partial charge in [-0.2, -0.15) is 35.1 Å². The van der Waals surface area contributed by atoms with Gasteiger partial charge >= 0.3 is 25.1 Å². The van der Waals surface area contributed by atoms with Crippen LogP contribution in [0.4, 0.5) is 35.1 Å². The summed E-state index contributed by atoms with van der Waals surface area (Å²) in [5, 5.41) is 0. The lowest BCUT2D eigenvalue weighted by Crippen LogP contribution is -2.35. The van der Waals surface area contributed by atoms with E-state index in [0.29, 0.717) is 0 Å². The Kier molecular flexibility index (Phi) is 5.62. The smallest absolute Gasteiger partial charge is 0.428 e. The largest absolute Gasteiger partial charge is 0.461 e. The molecule has 0 amide bonds. The molecule has 0 aliphatic rings. The van der Waals surface area contributed by atoms with Crippen LogP contribution in [-0.2, 0) is 0 Å². The summed E-state index contributed by atoms with van der Waals surface area (Å²) < 4.78 is 110. The summed E-state index contributed by atoms with van der Waals surface area (Å²) in [6.45, 7) is 4.52. The molecule has 0 atom stereocenters. The van der Waals surface area contributed by atoms with E-state index in [1.165, 1.54) is 0 Å². The molecule has 0 N–H and O–H groups in total. The second-order valence-electron chi connectivity index (χ2n) is 5.09. The van der Waals surface area contributed by atoms with Crippen LogP contribution in [-0.4, -0.2) is 25.1 Å². The maximum atomic E-state index is 13.1. The molecule has 1 aromatic carbocycles. The number of rotatable bonds is 6. The summed E-state index contributed by atoms with van der Waals surface area (Å²) in [5.41, 5.74) is -0.839. The summed E-state index contributed by atoms with van der Waals surface area (Å²) in [6.07, 6.45) is -17.8. The zero-order chi connectivity index (χ0) is 19.0. The van der Waals surface area contributed by atoms with Crippen molar-refractivity contribution >= 4 is 0 Å². The molecule has 0 saturated carbocycles. The quantitative estimate of drug-likeness (QED) is 0.628. The number of hydrogen-bond acceptors (Lipinski definition) is 2. The fraction of sp³-hybridized carbons (Fsp3) is 0.571. The molecule has 0 saturated heterocycles. The van der Waals surface area contributed by atoms with Crippen molar-refractivity contribution in [2.24, 2.45) is 0 Å². The molecule has 0 spiro atoms. The zero-order valence-electron chi connectivity index (χ0n) is 13.0. The van der Waals surface area contributed by atoms with E-state index in [2.05, 4.69) is 9.47 Å². The van der Waals surface area contributed by atoms with Gasteiger partial charge in [-0.15, -0.1) is 0 Å². The molecular weight excluding hydrogens is 352 g/mol. The summed E-state index contributed by atoms with van der Waals surface area (Å²) >= 11 is 0. The first kappa shape index (κ1) is 20.3. The van der Waals surface area contributed by atoms with E-state index in [1.54, 1.807) is 0 Å². The van der Waals surface area contributed by atoms with Gasteiger partial charge in [0, 0.05) is 0 Å². The van der Waals surface area contributed by atoms with Crippen molar-refractivity contribution < 1.29 is 44.6 Å². The fourth-order valence-electron chi connectivity index (χ4n) is 1.91. The van der Waals surface area contributed by atoms with Crippen LogP contribution < -0.4 is 9.47 Å². The first-order valence-corrected chi connectivity index (χ1v) is 6.52. The summed E-state index contributed by atoms with van der Waals surface area (Å²) in [6, 6.07) is 0. The molecular formula is C14H14F8O2. The van der Waals surface area contributed by atoms with Crippen LogP contribution in [0.25, 0.3) is 0 Å². The highest BCUT2D eigenvalue weighted by Gasteiger charge is 2.46. The van der Waals surface area contributed by atoms with Crippen molar-refractivity contribution in [3.63, 3.8) is 0 Å². The van der Waals surface area contributed by atoms with Gasteiger partial charge in [0.25, 0.3) is 0 Å². The molecule has 0 aliphatic carbocycles. The molecule has 24 heavy (non-hydrogen) atoms. The van der Waals surface area contributed by atoms with Gasteiger partial charge < -0.3 is 9.47 Å². The predicted molar refractivity (Wildman–Crippen MR) is 68.5 cm³/mol. The number of hydrogen-bond donors (Lipinski definition) is 0. The van der Waals surface area contributed by atoms with Gasteiger partial charge in [0.15, 0.2) is 0 Å². The Morgan fingerprint density at radius 3 is 0.958 bits per heavy atom.